The quantitative estimate of drug-likeness (QED) is 0.693. The maximum absolute atomic E-state index is 9.17. The number of rotatable bonds is 4. The van der Waals surface area contributed by atoms with Gasteiger partial charge in [-0.1, -0.05) is 35.5 Å². The van der Waals surface area contributed by atoms with Gasteiger partial charge >= 0.3 is 7.12 Å². The fourth-order valence-corrected chi connectivity index (χ4v) is 2.63. The van der Waals surface area contributed by atoms with Gasteiger partial charge in [-0.2, -0.15) is 0 Å². The fourth-order valence-electron chi connectivity index (χ4n) is 1.95. The van der Waals surface area contributed by atoms with Crippen LogP contribution in [0.25, 0.3) is 10.6 Å². The summed E-state index contributed by atoms with van der Waals surface area (Å²) in [7, 11) is -1.45. The summed E-state index contributed by atoms with van der Waals surface area (Å²) in [6, 6.07) is 11.1. The number of aromatic nitrogens is 3. The Bertz CT molecular complexity index is 697. The highest BCUT2D eigenvalue weighted by atomic mass is 32.1. The average Bonchev–Trinajstić information content (AvgIpc) is 3.09. The molecule has 5 nitrogen and oxygen atoms in total. The summed E-state index contributed by atoms with van der Waals surface area (Å²) >= 11 is 1.62. The number of nitrogens with zero attached hydrogens (tertiary/aromatic N) is 3. The van der Waals surface area contributed by atoms with Crippen LogP contribution in [0.3, 0.4) is 0 Å². The third kappa shape index (κ3) is 2.80. The van der Waals surface area contributed by atoms with E-state index < -0.39 is 7.12 Å². The molecule has 0 saturated heterocycles. The zero-order valence-corrected chi connectivity index (χ0v) is 11.4. The van der Waals surface area contributed by atoms with E-state index in [9.17, 15) is 0 Å². The first-order valence-corrected chi connectivity index (χ1v) is 6.99. The Hall–Kier alpha value is -1.96. The van der Waals surface area contributed by atoms with E-state index in [0.717, 1.165) is 16.1 Å². The van der Waals surface area contributed by atoms with Crippen molar-refractivity contribution in [3.05, 3.63) is 53.5 Å². The number of thiophene rings is 1. The van der Waals surface area contributed by atoms with Crippen molar-refractivity contribution >= 4 is 23.9 Å². The molecule has 1 aromatic carbocycles. The minimum absolute atomic E-state index is 0.473. The molecule has 0 aliphatic heterocycles. The van der Waals surface area contributed by atoms with Crippen molar-refractivity contribution in [3.63, 3.8) is 0 Å². The lowest BCUT2D eigenvalue weighted by molar-refractivity contribution is 0.425. The molecule has 0 unspecified atom stereocenters. The van der Waals surface area contributed by atoms with Gasteiger partial charge in [-0.3, -0.25) is 0 Å². The van der Waals surface area contributed by atoms with Crippen molar-refractivity contribution in [1.82, 2.24) is 15.0 Å². The van der Waals surface area contributed by atoms with Crippen molar-refractivity contribution in [2.24, 2.45) is 0 Å². The molecule has 2 N–H and O–H groups in total. The maximum Gasteiger partial charge on any atom is 0.488 e. The highest BCUT2D eigenvalue weighted by Gasteiger charge is 2.11. The number of hydrogen-bond donors (Lipinski definition) is 2. The number of benzene rings is 1. The molecule has 2 heterocycles. The largest absolute Gasteiger partial charge is 0.488 e. The van der Waals surface area contributed by atoms with Gasteiger partial charge in [0, 0.05) is 0 Å². The van der Waals surface area contributed by atoms with Crippen molar-refractivity contribution in [2.45, 2.75) is 6.54 Å². The van der Waals surface area contributed by atoms with Crippen molar-refractivity contribution in [3.8, 4) is 10.6 Å². The summed E-state index contributed by atoms with van der Waals surface area (Å²) in [5.41, 5.74) is 2.26. The zero-order valence-electron chi connectivity index (χ0n) is 10.5. The van der Waals surface area contributed by atoms with E-state index in [0.29, 0.717) is 12.0 Å². The minimum atomic E-state index is -1.45. The van der Waals surface area contributed by atoms with Gasteiger partial charge in [0.2, 0.25) is 0 Å². The van der Waals surface area contributed by atoms with Crippen molar-refractivity contribution in [1.29, 1.82) is 0 Å². The highest BCUT2D eigenvalue weighted by molar-refractivity contribution is 7.13. The molecule has 0 atom stereocenters. The second kappa shape index (κ2) is 5.58. The van der Waals surface area contributed by atoms with E-state index in [1.165, 1.54) is 0 Å². The summed E-state index contributed by atoms with van der Waals surface area (Å²) in [5, 5.41) is 28.6. The zero-order chi connectivity index (χ0) is 13.9. The Morgan fingerprint density at radius 2 is 2.10 bits per heavy atom. The SMILES string of the molecule is OB(O)c1cccc(Cn2cc(-c3cccs3)nn2)c1. The van der Waals surface area contributed by atoms with Crippen LogP contribution in [-0.4, -0.2) is 32.2 Å². The third-order valence-electron chi connectivity index (χ3n) is 2.91. The molecule has 0 fully saturated rings. The van der Waals surface area contributed by atoms with Gasteiger partial charge in [0.15, 0.2) is 0 Å². The Morgan fingerprint density at radius 3 is 2.85 bits per heavy atom. The first-order chi connectivity index (χ1) is 9.72. The third-order valence-corrected chi connectivity index (χ3v) is 3.80. The molecule has 7 heteroatoms. The molecule has 20 heavy (non-hydrogen) atoms. The van der Waals surface area contributed by atoms with Crippen LogP contribution >= 0.6 is 11.3 Å². The van der Waals surface area contributed by atoms with Gasteiger partial charge in [0.1, 0.15) is 5.69 Å². The van der Waals surface area contributed by atoms with Crippen molar-refractivity contribution in [2.75, 3.05) is 0 Å². The lowest BCUT2D eigenvalue weighted by Crippen LogP contribution is -2.30. The average molecular weight is 285 g/mol. The normalized spacial score (nSPS) is 10.7. The monoisotopic (exact) mass is 285 g/mol. The van der Waals surface area contributed by atoms with E-state index in [1.54, 1.807) is 34.2 Å². The van der Waals surface area contributed by atoms with E-state index in [1.807, 2.05) is 29.8 Å². The highest BCUT2D eigenvalue weighted by Crippen LogP contribution is 2.21. The molecule has 0 amide bonds. The molecule has 2 aromatic heterocycles. The van der Waals surface area contributed by atoms with Gasteiger partial charge in [-0.25, -0.2) is 4.68 Å². The molecule has 3 rings (SSSR count). The summed E-state index contributed by atoms with van der Waals surface area (Å²) in [5.74, 6) is 0. The van der Waals surface area contributed by atoms with Crippen LogP contribution in [0.4, 0.5) is 0 Å². The predicted octanol–water partition coefficient (Wildman–Crippen LogP) is 0.735. The van der Waals surface area contributed by atoms with Crippen LogP contribution in [0.2, 0.25) is 0 Å². The molecule has 0 bridgehead atoms. The minimum Gasteiger partial charge on any atom is -0.423 e. The van der Waals surface area contributed by atoms with Gasteiger partial charge in [0.25, 0.3) is 0 Å². The molecular formula is C13H12BN3O2S. The maximum atomic E-state index is 9.17. The van der Waals surface area contributed by atoms with E-state index in [2.05, 4.69) is 10.3 Å². The fraction of sp³-hybridized carbons (Fsp3) is 0.0769. The molecule has 0 radical (unpaired) electrons. The second-order valence-electron chi connectivity index (χ2n) is 4.40. The smallest absolute Gasteiger partial charge is 0.423 e. The molecule has 3 aromatic rings. The van der Waals surface area contributed by atoms with E-state index in [4.69, 9.17) is 10.0 Å². The molecule has 100 valence electrons. The molecule has 0 saturated carbocycles. The van der Waals surface area contributed by atoms with Gasteiger partial charge in [-0.05, 0) is 22.5 Å². The Balaban J connectivity index is 1.80. The standard InChI is InChI=1S/C13H12BN3O2S/c18-14(19)11-4-1-3-10(7-11)8-17-9-12(15-16-17)13-5-2-6-20-13/h1-7,9,18-19H,8H2. The summed E-state index contributed by atoms with van der Waals surface area (Å²) in [6.07, 6.45) is 1.88. The first-order valence-electron chi connectivity index (χ1n) is 6.11. The Kier molecular flexibility index (Phi) is 3.64. The van der Waals surface area contributed by atoms with Crippen molar-refractivity contribution < 1.29 is 10.0 Å². The first kappa shape index (κ1) is 13.0. The van der Waals surface area contributed by atoms with Gasteiger partial charge in [-0.15, -0.1) is 16.4 Å². The number of hydrogen-bond acceptors (Lipinski definition) is 5. The predicted molar refractivity (Wildman–Crippen MR) is 78.7 cm³/mol. The summed E-state index contributed by atoms with van der Waals surface area (Å²) < 4.78 is 1.73. The van der Waals surface area contributed by atoms with Gasteiger partial charge in [0.05, 0.1) is 17.6 Å². The topological polar surface area (TPSA) is 71.2 Å². The Labute approximate surface area is 120 Å². The van der Waals surface area contributed by atoms with Crippen LogP contribution < -0.4 is 5.46 Å². The van der Waals surface area contributed by atoms with Crippen LogP contribution in [0.1, 0.15) is 5.56 Å². The van der Waals surface area contributed by atoms with Crippen LogP contribution in [-0.2, 0) is 6.54 Å². The van der Waals surface area contributed by atoms with Crippen LogP contribution in [0.5, 0.6) is 0 Å². The summed E-state index contributed by atoms with van der Waals surface area (Å²) in [6.45, 7) is 0.541. The molecule has 0 aliphatic carbocycles. The van der Waals surface area contributed by atoms with Gasteiger partial charge < -0.3 is 10.0 Å². The van der Waals surface area contributed by atoms with Crippen LogP contribution in [0.15, 0.2) is 48.0 Å². The lowest BCUT2D eigenvalue weighted by atomic mass is 9.80. The van der Waals surface area contributed by atoms with Crippen LogP contribution in [0, 0.1) is 0 Å². The molecule has 0 aliphatic rings. The molecule has 0 spiro atoms. The Morgan fingerprint density at radius 1 is 1.20 bits per heavy atom. The van der Waals surface area contributed by atoms with E-state index >= 15 is 0 Å². The lowest BCUT2D eigenvalue weighted by Gasteiger charge is -2.04. The van der Waals surface area contributed by atoms with E-state index in [-0.39, 0.29) is 0 Å². The second-order valence-corrected chi connectivity index (χ2v) is 5.35. The molecular weight excluding hydrogens is 273 g/mol. The summed E-state index contributed by atoms with van der Waals surface area (Å²) in [4.78, 5) is 1.08.